The molecule has 0 N–H and O–H groups in total. The second kappa shape index (κ2) is 2.83. The molecule has 0 saturated carbocycles. The van der Waals surface area contributed by atoms with E-state index in [9.17, 15) is 0 Å². The quantitative estimate of drug-likeness (QED) is 0.559. The number of allylic oxidation sites excluding steroid dienone is 1. The number of rotatable bonds is 1. The Morgan fingerprint density at radius 3 is 2.78 bits per heavy atom. The maximum Gasteiger partial charge on any atom is 0.0296 e. The van der Waals surface area contributed by atoms with E-state index in [2.05, 4.69) is 30.5 Å². The minimum Gasteiger partial charge on any atom is -0.144 e. The second-order valence-electron chi connectivity index (χ2n) is 1.97. The summed E-state index contributed by atoms with van der Waals surface area (Å²) in [6.07, 6.45) is 4.21. The third kappa shape index (κ3) is 1.42. The topological polar surface area (TPSA) is 0 Å². The van der Waals surface area contributed by atoms with Gasteiger partial charge in [-0.1, -0.05) is 6.08 Å². The first-order valence-corrected chi connectivity index (χ1v) is 3.89. The summed E-state index contributed by atoms with van der Waals surface area (Å²) in [7, 11) is 0. The van der Waals surface area contributed by atoms with Gasteiger partial charge in [0.1, 0.15) is 0 Å². The number of thiophene rings is 1. The predicted molar refractivity (Wildman–Crippen MR) is 43.8 cm³/mol. The van der Waals surface area contributed by atoms with E-state index in [1.807, 2.05) is 6.92 Å². The molecule has 48 valence electrons. The fourth-order valence-corrected chi connectivity index (χ4v) is 1.59. The smallest absolute Gasteiger partial charge is 0.0296 e. The molecular weight excluding hydrogens is 128 g/mol. The summed E-state index contributed by atoms with van der Waals surface area (Å²) in [5.41, 5.74) is 1.37. The van der Waals surface area contributed by atoms with Gasteiger partial charge in [-0.25, -0.2) is 0 Å². The van der Waals surface area contributed by atoms with Crippen molar-refractivity contribution in [3.63, 3.8) is 0 Å². The molecule has 0 aromatic carbocycles. The van der Waals surface area contributed by atoms with Gasteiger partial charge in [0.15, 0.2) is 0 Å². The van der Waals surface area contributed by atoms with E-state index in [0.717, 1.165) is 0 Å². The molecule has 0 bridgehead atoms. The van der Waals surface area contributed by atoms with Gasteiger partial charge in [-0.15, -0.1) is 11.3 Å². The SMILES string of the molecule is CC=Cc1sccc1C. The molecule has 1 aromatic rings. The highest BCUT2D eigenvalue weighted by Crippen LogP contribution is 2.16. The Kier molecular flexibility index (Phi) is 2.06. The van der Waals surface area contributed by atoms with Crippen molar-refractivity contribution in [2.45, 2.75) is 13.8 Å². The van der Waals surface area contributed by atoms with Crippen molar-refractivity contribution in [2.24, 2.45) is 0 Å². The minimum atomic E-state index is 1.37. The molecule has 0 nitrogen and oxygen atoms in total. The third-order valence-corrected chi connectivity index (χ3v) is 2.20. The van der Waals surface area contributed by atoms with Crippen molar-refractivity contribution in [3.05, 3.63) is 28.0 Å². The zero-order valence-corrected chi connectivity index (χ0v) is 6.53. The number of aryl methyl sites for hydroxylation is 1. The zero-order valence-electron chi connectivity index (χ0n) is 5.72. The lowest BCUT2D eigenvalue weighted by atomic mass is 10.3. The lowest BCUT2D eigenvalue weighted by Gasteiger charge is -1.84. The highest BCUT2D eigenvalue weighted by Gasteiger charge is 1.90. The van der Waals surface area contributed by atoms with Gasteiger partial charge in [-0.2, -0.15) is 0 Å². The Balaban J connectivity index is 2.94. The van der Waals surface area contributed by atoms with Gasteiger partial charge in [-0.05, 0) is 36.9 Å². The molecule has 9 heavy (non-hydrogen) atoms. The standard InChI is InChI=1S/C8H10S/c1-3-4-8-7(2)5-6-9-8/h3-6H,1-2H3. The molecule has 0 spiro atoms. The van der Waals surface area contributed by atoms with Crippen LogP contribution in [0.3, 0.4) is 0 Å². The summed E-state index contributed by atoms with van der Waals surface area (Å²) < 4.78 is 0. The largest absolute Gasteiger partial charge is 0.144 e. The van der Waals surface area contributed by atoms with E-state index in [4.69, 9.17) is 0 Å². The van der Waals surface area contributed by atoms with Crippen LogP contribution in [0.1, 0.15) is 17.4 Å². The van der Waals surface area contributed by atoms with Crippen LogP contribution in [-0.4, -0.2) is 0 Å². The molecule has 1 aromatic heterocycles. The van der Waals surface area contributed by atoms with Gasteiger partial charge in [0, 0.05) is 4.88 Å². The van der Waals surface area contributed by atoms with Crippen LogP contribution in [0.15, 0.2) is 17.5 Å². The van der Waals surface area contributed by atoms with E-state index in [0.29, 0.717) is 0 Å². The second-order valence-corrected chi connectivity index (χ2v) is 2.92. The molecule has 0 radical (unpaired) electrons. The van der Waals surface area contributed by atoms with Crippen molar-refractivity contribution in [2.75, 3.05) is 0 Å². The molecule has 0 saturated heterocycles. The van der Waals surface area contributed by atoms with E-state index in [1.165, 1.54) is 10.4 Å². The fourth-order valence-electron chi connectivity index (χ4n) is 0.707. The van der Waals surface area contributed by atoms with Gasteiger partial charge in [0.25, 0.3) is 0 Å². The van der Waals surface area contributed by atoms with E-state index < -0.39 is 0 Å². The summed E-state index contributed by atoms with van der Waals surface area (Å²) in [4.78, 5) is 1.37. The Morgan fingerprint density at radius 2 is 2.33 bits per heavy atom. The maximum absolute atomic E-state index is 2.14. The average Bonchev–Trinajstić information content (AvgIpc) is 2.18. The molecule has 1 heterocycles. The van der Waals surface area contributed by atoms with Crippen molar-refractivity contribution in [1.82, 2.24) is 0 Å². The Bertz CT molecular complexity index is 208. The average molecular weight is 138 g/mol. The van der Waals surface area contributed by atoms with Crippen LogP contribution < -0.4 is 0 Å². The summed E-state index contributed by atoms with van der Waals surface area (Å²) in [5, 5.41) is 2.12. The molecule has 0 aliphatic rings. The molecule has 0 aliphatic heterocycles. The molecule has 1 rings (SSSR count). The molecular formula is C8H10S. The van der Waals surface area contributed by atoms with Crippen LogP contribution in [0.5, 0.6) is 0 Å². The van der Waals surface area contributed by atoms with Crippen LogP contribution >= 0.6 is 11.3 Å². The van der Waals surface area contributed by atoms with Crippen LogP contribution in [0, 0.1) is 6.92 Å². The Hall–Kier alpha value is -0.560. The molecule has 0 aliphatic carbocycles. The van der Waals surface area contributed by atoms with Crippen LogP contribution in [0.4, 0.5) is 0 Å². The van der Waals surface area contributed by atoms with Crippen LogP contribution in [0.2, 0.25) is 0 Å². The minimum absolute atomic E-state index is 1.37. The lowest BCUT2D eigenvalue weighted by molar-refractivity contribution is 1.53. The number of hydrogen-bond acceptors (Lipinski definition) is 1. The van der Waals surface area contributed by atoms with Gasteiger partial charge in [-0.3, -0.25) is 0 Å². The summed E-state index contributed by atoms with van der Waals surface area (Å²) in [6.45, 7) is 4.17. The molecule has 0 atom stereocenters. The van der Waals surface area contributed by atoms with Crippen molar-refractivity contribution in [1.29, 1.82) is 0 Å². The predicted octanol–water partition coefficient (Wildman–Crippen LogP) is 3.09. The molecule has 0 fully saturated rings. The lowest BCUT2D eigenvalue weighted by Crippen LogP contribution is -1.64. The van der Waals surface area contributed by atoms with Crippen LogP contribution in [-0.2, 0) is 0 Å². The Labute approximate surface area is 59.8 Å². The number of hydrogen-bond donors (Lipinski definition) is 0. The van der Waals surface area contributed by atoms with Crippen molar-refractivity contribution >= 4 is 17.4 Å². The Morgan fingerprint density at radius 1 is 1.56 bits per heavy atom. The highest BCUT2D eigenvalue weighted by atomic mass is 32.1. The van der Waals surface area contributed by atoms with Gasteiger partial charge >= 0.3 is 0 Å². The molecule has 0 amide bonds. The maximum atomic E-state index is 2.14. The third-order valence-electron chi connectivity index (χ3n) is 1.22. The molecule has 0 unspecified atom stereocenters. The van der Waals surface area contributed by atoms with Crippen molar-refractivity contribution < 1.29 is 0 Å². The fraction of sp³-hybridized carbons (Fsp3) is 0.250. The zero-order chi connectivity index (χ0) is 6.69. The first kappa shape index (κ1) is 6.56. The molecule has 1 heteroatoms. The van der Waals surface area contributed by atoms with E-state index in [-0.39, 0.29) is 0 Å². The van der Waals surface area contributed by atoms with Gasteiger partial charge < -0.3 is 0 Å². The van der Waals surface area contributed by atoms with Crippen LogP contribution in [0.25, 0.3) is 6.08 Å². The van der Waals surface area contributed by atoms with Crippen molar-refractivity contribution in [3.8, 4) is 0 Å². The van der Waals surface area contributed by atoms with E-state index >= 15 is 0 Å². The van der Waals surface area contributed by atoms with Gasteiger partial charge in [0.05, 0.1) is 0 Å². The van der Waals surface area contributed by atoms with Gasteiger partial charge in [0.2, 0.25) is 0 Å². The summed E-state index contributed by atoms with van der Waals surface area (Å²) in [6, 6.07) is 2.14. The normalized spacial score (nSPS) is 10.9. The first-order chi connectivity index (χ1) is 4.34. The monoisotopic (exact) mass is 138 g/mol. The van der Waals surface area contributed by atoms with E-state index in [1.54, 1.807) is 11.3 Å². The summed E-state index contributed by atoms with van der Waals surface area (Å²) >= 11 is 1.79. The summed E-state index contributed by atoms with van der Waals surface area (Å²) in [5.74, 6) is 0. The first-order valence-electron chi connectivity index (χ1n) is 3.01. The highest BCUT2D eigenvalue weighted by molar-refractivity contribution is 7.11.